The van der Waals surface area contributed by atoms with Gasteiger partial charge >= 0.3 is 0 Å². The van der Waals surface area contributed by atoms with E-state index in [1.54, 1.807) is 0 Å². The second kappa shape index (κ2) is 5.12. The minimum Gasteiger partial charge on any atom is -0.388 e. The summed E-state index contributed by atoms with van der Waals surface area (Å²) in [5.74, 6) is 0.475. The first kappa shape index (κ1) is 15.1. The van der Waals surface area contributed by atoms with Gasteiger partial charge in [0, 0.05) is 0 Å². The largest absolute Gasteiger partial charge is 0.388 e. The molecule has 0 amide bonds. The van der Waals surface area contributed by atoms with E-state index in [1.807, 2.05) is 0 Å². The third kappa shape index (κ3) is 2.65. The number of hydrogen-bond acceptors (Lipinski definition) is 1. The molecule has 21 heavy (non-hydrogen) atoms. The summed E-state index contributed by atoms with van der Waals surface area (Å²) in [4.78, 5) is 0. The van der Waals surface area contributed by atoms with E-state index in [-0.39, 0.29) is 16.9 Å². The third-order valence-electron chi connectivity index (χ3n) is 6.06. The van der Waals surface area contributed by atoms with E-state index in [1.165, 1.54) is 49.7 Å². The predicted molar refractivity (Wildman–Crippen MR) is 88.6 cm³/mol. The summed E-state index contributed by atoms with van der Waals surface area (Å²) >= 11 is 0. The molecule has 1 nitrogen and oxygen atoms in total. The molecule has 116 valence electrons. The fraction of sp³-hybridized carbons (Fsp3) is 0.700. The highest BCUT2D eigenvalue weighted by Gasteiger charge is 2.37. The van der Waals surface area contributed by atoms with Crippen LogP contribution < -0.4 is 0 Å². The van der Waals surface area contributed by atoms with E-state index in [0.717, 1.165) is 5.56 Å². The van der Waals surface area contributed by atoms with Gasteiger partial charge in [0.25, 0.3) is 0 Å². The van der Waals surface area contributed by atoms with Gasteiger partial charge in [0.05, 0.1) is 6.10 Å². The summed E-state index contributed by atoms with van der Waals surface area (Å²) in [6.45, 7) is 9.42. The Hall–Kier alpha value is -0.820. The van der Waals surface area contributed by atoms with Gasteiger partial charge in [-0.3, -0.25) is 0 Å². The lowest BCUT2D eigenvalue weighted by atomic mass is 9.63. The molecule has 0 aromatic heterocycles. The van der Waals surface area contributed by atoms with Crippen molar-refractivity contribution in [2.75, 3.05) is 0 Å². The minimum absolute atomic E-state index is 0.232. The average Bonchev–Trinajstić information content (AvgIpc) is 2.97. The molecule has 0 bridgehead atoms. The van der Waals surface area contributed by atoms with Crippen molar-refractivity contribution >= 4 is 0 Å². The number of aliphatic hydroxyl groups is 1. The Kier molecular flexibility index (Phi) is 3.68. The summed E-state index contributed by atoms with van der Waals surface area (Å²) in [5, 5.41) is 10.7. The van der Waals surface area contributed by atoms with Crippen LogP contribution in [-0.2, 0) is 10.8 Å². The Morgan fingerprint density at radius 2 is 1.52 bits per heavy atom. The van der Waals surface area contributed by atoms with Gasteiger partial charge in [0.2, 0.25) is 0 Å². The van der Waals surface area contributed by atoms with Crippen LogP contribution in [-0.4, -0.2) is 5.11 Å². The summed E-state index contributed by atoms with van der Waals surface area (Å²) in [5.41, 5.74) is 4.60. The van der Waals surface area contributed by atoms with E-state index in [2.05, 4.69) is 45.9 Å². The van der Waals surface area contributed by atoms with Gasteiger partial charge in [0.15, 0.2) is 0 Å². The molecule has 0 spiro atoms. The van der Waals surface area contributed by atoms with Gasteiger partial charge in [0.1, 0.15) is 0 Å². The number of fused-ring (bicyclic) bond motifs is 1. The molecule has 2 aliphatic rings. The Balaban J connectivity index is 1.99. The maximum atomic E-state index is 10.7. The van der Waals surface area contributed by atoms with Gasteiger partial charge in [-0.1, -0.05) is 58.7 Å². The number of aliphatic hydroxyl groups excluding tert-OH is 1. The van der Waals surface area contributed by atoms with E-state index >= 15 is 0 Å². The second-order valence-electron chi connectivity index (χ2n) is 8.56. The summed E-state index contributed by atoms with van der Waals surface area (Å²) in [7, 11) is 0. The lowest BCUT2D eigenvalue weighted by Crippen LogP contribution is -2.34. The molecule has 1 aromatic rings. The molecule has 0 saturated heterocycles. The van der Waals surface area contributed by atoms with Crippen molar-refractivity contribution in [2.24, 2.45) is 5.92 Å². The predicted octanol–water partition coefficient (Wildman–Crippen LogP) is 5.26. The highest BCUT2D eigenvalue weighted by Crippen LogP contribution is 2.47. The molecule has 1 N–H and O–H groups in total. The zero-order chi connectivity index (χ0) is 15.3. The van der Waals surface area contributed by atoms with Crippen LogP contribution >= 0.6 is 0 Å². The van der Waals surface area contributed by atoms with Gasteiger partial charge in [-0.15, -0.1) is 0 Å². The maximum Gasteiger partial charge on any atom is 0.0818 e. The van der Waals surface area contributed by atoms with Crippen molar-refractivity contribution in [2.45, 2.75) is 83.2 Å². The SMILES string of the molecule is CC1(C)CCC(C)(C)c2cc(C(O)C3CCCC3)ccc21. The topological polar surface area (TPSA) is 20.2 Å². The van der Waals surface area contributed by atoms with Crippen molar-refractivity contribution in [1.29, 1.82) is 0 Å². The smallest absolute Gasteiger partial charge is 0.0818 e. The Morgan fingerprint density at radius 1 is 0.952 bits per heavy atom. The monoisotopic (exact) mass is 286 g/mol. The highest BCUT2D eigenvalue weighted by molar-refractivity contribution is 5.44. The number of hydrogen-bond donors (Lipinski definition) is 1. The van der Waals surface area contributed by atoms with Crippen LogP contribution in [0.15, 0.2) is 18.2 Å². The highest BCUT2D eigenvalue weighted by atomic mass is 16.3. The quantitative estimate of drug-likeness (QED) is 0.786. The third-order valence-corrected chi connectivity index (χ3v) is 6.06. The lowest BCUT2D eigenvalue weighted by molar-refractivity contribution is 0.111. The van der Waals surface area contributed by atoms with Gasteiger partial charge in [-0.2, -0.15) is 0 Å². The molecule has 1 fully saturated rings. The normalized spacial score (nSPS) is 25.6. The molecule has 1 heteroatoms. The first-order valence-electron chi connectivity index (χ1n) is 8.64. The zero-order valence-electron chi connectivity index (χ0n) is 14.1. The van der Waals surface area contributed by atoms with Crippen molar-refractivity contribution in [3.8, 4) is 0 Å². The summed E-state index contributed by atoms with van der Waals surface area (Å²) < 4.78 is 0. The Bertz CT molecular complexity index is 521. The van der Waals surface area contributed by atoms with E-state index < -0.39 is 0 Å². The second-order valence-corrected chi connectivity index (χ2v) is 8.56. The van der Waals surface area contributed by atoms with Gasteiger partial charge in [-0.25, -0.2) is 0 Å². The standard InChI is InChI=1S/C20H30O/c1-19(2)11-12-20(3,4)17-13-15(9-10-16(17)19)18(21)14-7-5-6-8-14/h9-10,13-14,18,21H,5-8,11-12H2,1-4H3. The van der Waals surface area contributed by atoms with Crippen LogP contribution in [0.5, 0.6) is 0 Å². The van der Waals surface area contributed by atoms with Crippen LogP contribution in [0.4, 0.5) is 0 Å². The van der Waals surface area contributed by atoms with Crippen LogP contribution in [0.3, 0.4) is 0 Å². The Morgan fingerprint density at radius 3 is 2.14 bits per heavy atom. The van der Waals surface area contributed by atoms with Gasteiger partial charge in [-0.05, 0) is 59.1 Å². The minimum atomic E-state index is -0.265. The van der Waals surface area contributed by atoms with Crippen LogP contribution in [0.25, 0.3) is 0 Å². The first-order valence-corrected chi connectivity index (χ1v) is 8.64. The summed E-state index contributed by atoms with van der Waals surface area (Å²) in [6.07, 6.45) is 7.16. The van der Waals surface area contributed by atoms with Crippen molar-refractivity contribution in [1.82, 2.24) is 0 Å². The number of benzene rings is 1. The maximum absolute atomic E-state index is 10.7. The molecule has 1 unspecified atom stereocenters. The molecule has 0 aliphatic heterocycles. The first-order chi connectivity index (χ1) is 9.81. The molecule has 0 radical (unpaired) electrons. The van der Waals surface area contributed by atoms with E-state index in [4.69, 9.17) is 0 Å². The van der Waals surface area contributed by atoms with E-state index in [0.29, 0.717) is 5.92 Å². The summed E-state index contributed by atoms with van der Waals surface area (Å²) in [6, 6.07) is 6.80. The molecule has 0 heterocycles. The molecule has 2 aliphatic carbocycles. The van der Waals surface area contributed by atoms with Crippen molar-refractivity contribution < 1.29 is 5.11 Å². The van der Waals surface area contributed by atoms with Crippen LogP contribution in [0.2, 0.25) is 0 Å². The molecule has 1 saturated carbocycles. The van der Waals surface area contributed by atoms with E-state index in [9.17, 15) is 5.11 Å². The molecule has 1 atom stereocenters. The van der Waals surface area contributed by atoms with Crippen LogP contribution in [0.1, 0.15) is 89.0 Å². The molecule has 3 rings (SSSR count). The fourth-order valence-electron chi connectivity index (χ4n) is 4.34. The van der Waals surface area contributed by atoms with Crippen molar-refractivity contribution in [3.05, 3.63) is 34.9 Å². The average molecular weight is 286 g/mol. The van der Waals surface area contributed by atoms with Crippen LogP contribution in [0, 0.1) is 5.92 Å². The zero-order valence-corrected chi connectivity index (χ0v) is 14.1. The Labute approximate surface area is 129 Å². The number of rotatable bonds is 2. The molecule has 1 aromatic carbocycles. The molecular weight excluding hydrogens is 256 g/mol. The molecular formula is C20H30O. The lowest BCUT2D eigenvalue weighted by Gasteiger charge is -2.42. The fourth-order valence-corrected chi connectivity index (χ4v) is 4.34. The van der Waals surface area contributed by atoms with Gasteiger partial charge < -0.3 is 5.11 Å². The van der Waals surface area contributed by atoms with Crippen molar-refractivity contribution in [3.63, 3.8) is 0 Å².